The van der Waals surface area contributed by atoms with Crippen LogP contribution in [0.4, 0.5) is 0 Å². The zero-order valence-corrected chi connectivity index (χ0v) is 18.2. The summed E-state index contributed by atoms with van der Waals surface area (Å²) in [5.41, 5.74) is 15.9. The first-order chi connectivity index (χ1) is 14.4. The molecular weight excluding hydrogens is 372 g/mol. The third kappa shape index (κ3) is 7.65. The van der Waals surface area contributed by atoms with Crippen molar-refractivity contribution in [2.24, 2.45) is 11.5 Å². The summed E-state index contributed by atoms with van der Waals surface area (Å²) in [7, 11) is 0. The summed E-state index contributed by atoms with van der Waals surface area (Å²) in [6.45, 7) is 9.06. The minimum absolute atomic E-state index is 0.169. The van der Waals surface area contributed by atoms with Crippen molar-refractivity contribution in [1.82, 2.24) is 10.6 Å². The number of carbonyl (C=O) groups is 1. The van der Waals surface area contributed by atoms with Crippen molar-refractivity contribution in [1.29, 1.82) is 0 Å². The van der Waals surface area contributed by atoms with E-state index in [1.165, 1.54) is 11.1 Å². The first-order valence-electron chi connectivity index (χ1n) is 10.8. The van der Waals surface area contributed by atoms with Gasteiger partial charge in [0.1, 0.15) is 0 Å². The Hall–Kier alpha value is -2.63. The van der Waals surface area contributed by atoms with Gasteiger partial charge in [0.25, 0.3) is 0 Å². The highest BCUT2D eigenvalue weighted by Crippen LogP contribution is 2.18. The number of carbonyl (C=O) groups excluding carboxylic acids is 1. The molecule has 0 saturated carbocycles. The van der Waals surface area contributed by atoms with E-state index in [1.54, 1.807) is 0 Å². The van der Waals surface area contributed by atoms with Gasteiger partial charge in [-0.1, -0.05) is 75.0 Å². The Balaban J connectivity index is 2.05. The molecule has 30 heavy (non-hydrogen) atoms. The highest BCUT2D eigenvalue weighted by Gasteiger charge is 2.18. The molecule has 2 atom stereocenters. The highest BCUT2D eigenvalue weighted by molar-refractivity contribution is 5.81. The van der Waals surface area contributed by atoms with Crippen LogP contribution in [0.3, 0.4) is 0 Å². The first-order valence-corrected chi connectivity index (χ1v) is 10.8. The lowest BCUT2D eigenvalue weighted by atomic mass is 10.0. The van der Waals surface area contributed by atoms with Crippen molar-refractivity contribution >= 4 is 11.6 Å². The Morgan fingerprint density at radius 2 is 1.67 bits per heavy atom. The van der Waals surface area contributed by atoms with Crippen LogP contribution in [0.25, 0.3) is 5.70 Å². The van der Waals surface area contributed by atoms with Crippen LogP contribution in [0.15, 0.2) is 61.2 Å². The number of amides is 1. The molecule has 2 aromatic rings. The number of hydrogen-bond acceptors (Lipinski definition) is 4. The minimum Gasteiger partial charge on any atom is -0.365 e. The molecule has 0 aliphatic carbocycles. The molecule has 0 fully saturated rings. The SMILES string of the molecule is C=C(NC(CCc1ccccc1)NC(=O)C(N)CCCN)c1ccc(C(C)C)cc1. The number of aryl methyl sites for hydroxylation is 1. The summed E-state index contributed by atoms with van der Waals surface area (Å²) >= 11 is 0. The van der Waals surface area contributed by atoms with Crippen molar-refractivity contribution < 1.29 is 4.79 Å². The van der Waals surface area contributed by atoms with Crippen molar-refractivity contribution in [3.05, 3.63) is 77.9 Å². The Bertz CT molecular complexity index is 787. The zero-order chi connectivity index (χ0) is 21.9. The fourth-order valence-electron chi connectivity index (χ4n) is 3.25. The van der Waals surface area contributed by atoms with Crippen molar-refractivity contribution in [3.63, 3.8) is 0 Å². The molecule has 5 heteroatoms. The fourth-order valence-corrected chi connectivity index (χ4v) is 3.25. The standard InChI is InChI=1S/C25H36N4O/c1-18(2)21-12-14-22(15-13-21)19(3)28-24(16-11-20-8-5-4-6-9-20)29-25(30)23(27)10-7-17-26/h4-6,8-9,12-15,18,23-24,28H,3,7,10-11,16-17,26-27H2,1-2H3,(H,29,30). The monoisotopic (exact) mass is 408 g/mol. The van der Waals surface area contributed by atoms with E-state index in [1.807, 2.05) is 18.2 Å². The molecule has 0 bridgehead atoms. The molecule has 5 nitrogen and oxygen atoms in total. The molecule has 2 aromatic carbocycles. The molecule has 0 aromatic heterocycles. The fraction of sp³-hybridized carbons (Fsp3) is 0.400. The summed E-state index contributed by atoms with van der Waals surface area (Å²) in [6.07, 6.45) is 2.59. The van der Waals surface area contributed by atoms with Crippen molar-refractivity contribution in [2.45, 2.75) is 57.7 Å². The Morgan fingerprint density at radius 1 is 1.00 bits per heavy atom. The molecule has 2 unspecified atom stereocenters. The maximum atomic E-state index is 12.6. The first kappa shape index (κ1) is 23.6. The van der Waals surface area contributed by atoms with Crippen LogP contribution in [0.1, 0.15) is 55.7 Å². The molecule has 0 spiro atoms. The average Bonchev–Trinajstić information content (AvgIpc) is 2.76. The number of benzene rings is 2. The van der Waals surface area contributed by atoms with Crippen LogP contribution in [0, 0.1) is 0 Å². The Morgan fingerprint density at radius 3 is 2.27 bits per heavy atom. The van der Waals surface area contributed by atoms with Crippen LogP contribution in [0.2, 0.25) is 0 Å². The van der Waals surface area contributed by atoms with Crippen LogP contribution < -0.4 is 22.1 Å². The molecule has 6 N–H and O–H groups in total. The number of nitrogens with one attached hydrogen (secondary N) is 2. The number of nitrogens with two attached hydrogens (primary N) is 2. The normalized spacial score (nSPS) is 13.0. The maximum Gasteiger partial charge on any atom is 0.238 e. The smallest absolute Gasteiger partial charge is 0.238 e. The predicted octanol–water partition coefficient (Wildman–Crippen LogP) is 3.51. The second-order valence-electron chi connectivity index (χ2n) is 8.02. The molecule has 162 valence electrons. The van der Waals surface area contributed by atoms with Gasteiger partial charge in [-0.3, -0.25) is 4.79 Å². The summed E-state index contributed by atoms with van der Waals surface area (Å²) < 4.78 is 0. The highest BCUT2D eigenvalue weighted by atomic mass is 16.2. The van der Waals surface area contributed by atoms with Gasteiger partial charge in [0.2, 0.25) is 5.91 Å². The van der Waals surface area contributed by atoms with E-state index in [4.69, 9.17) is 11.5 Å². The summed E-state index contributed by atoms with van der Waals surface area (Å²) in [5.74, 6) is 0.310. The third-order valence-corrected chi connectivity index (χ3v) is 5.21. The molecule has 0 saturated heterocycles. The molecular formula is C25H36N4O. The van der Waals surface area contributed by atoms with Gasteiger partial charge in [0, 0.05) is 5.70 Å². The predicted molar refractivity (Wildman–Crippen MR) is 126 cm³/mol. The average molecular weight is 409 g/mol. The van der Waals surface area contributed by atoms with Gasteiger partial charge in [-0.25, -0.2) is 0 Å². The van der Waals surface area contributed by atoms with Gasteiger partial charge in [-0.15, -0.1) is 0 Å². The van der Waals surface area contributed by atoms with Gasteiger partial charge in [0.05, 0.1) is 12.2 Å². The topological polar surface area (TPSA) is 93.2 Å². The largest absolute Gasteiger partial charge is 0.365 e. The van der Waals surface area contributed by atoms with E-state index < -0.39 is 6.04 Å². The van der Waals surface area contributed by atoms with Crippen molar-refractivity contribution in [3.8, 4) is 0 Å². The van der Waals surface area contributed by atoms with E-state index >= 15 is 0 Å². The van der Waals surface area contributed by atoms with Crippen LogP contribution in [-0.2, 0) is 11.2 Å². The molecule has 1 amide bonds. The second kappa shape index (κ2) is 12.2. The van der Waals surface area contributed by atoms with E-state index in [0.717, 1.165) is 30.5 Å². The van der Waals surface area contributed by atoms with Gasteiger partial charge < -0.3 is 22.1 Å². The van der Waals surface area contributed by atoms with Gasteiger partial charge in [-0.05, 0) is 54.8 Å². The Labute approximate surface area is 180 Å². The number of hydrogen-bond donors (Lipinski definition) is 4. The van der Waals surface area contributed by atoms with E-state index in [2.05, 4.69) is 67.5 Å². The summed E-state index contributed by atoms with van der Waals surface area (Å²) in [5, 5.41) is 6.44. The van der Waals surface area contributed by atoms with Gasteiger partial charge in [-0.2, -0.15) is 0 Å². The van der Waals surface area contributed by atoms with Gasteiger partial charge >= 0.3 is 0 Å². The minimum atomic E-state index is -0.562. The summed E-state index contributed by atoms with van der Waals surface area (Å²) in [4.78, 5) is 12.6. The van der Waals surface area contributed by atoms with E-state index in [9.17, 15) is 4.79 Å². The quantitative estimate of drug-likeness (QED) is 0.404. The lowest BCUT2D eigenvalue weighted by molar-refractivity contribution is -0.123. The van der Waals surface area contributed by atoms with Gasteiger partial charge in [0.15, 0.2) is 0 Å². The molecule has 0 heterocycles. The molecule has 0 radical (unpaired) electrons. The third-order valence-electron chi connectivity index (χ3n) is 5.21. The Kier molecular flexibility index (Phi) is 9.58. The molecule has 0 aliphatic rings. The lowest BCUT2D eigenvalue weighted by Crippen LogP contribution is -2.50. The van der Waals surface area contributed by atoms with Crippen molar-refractivity contribution in [2.75, 3.05) is 6.54 Å². The van der Waals surface area contributed by atoms with Crippen LogP contribution >= 0.6 is 0 Å². The molecule has 2 rings (SSSR count). The lowest BCUT2D eigenvalue weighted by Gasteiger charge is -2.24. The second-order valence-corrected chi connectivity index (χ2v) is 8.02. The van der Waals surface area contributed by atoms with E-state index in [0.29, 0.717) is 18.9 Å². The maximum absolute atomic E-state index is 12.6. The summed E-state index contributed by atoms with van der Waals surface area (Å²) in [6, 6.07) is 18.0. The van der Waals surface area contributed by atoms with Crippen LogP contribution in [0.5, 0.6) is 0 Å². The van der Waals surface area contributed by atoms with Crippen LogP contribution in [-0.4, -0.2) is 24.7 Å². The van der Waals surface area contributed by atoms with E-state index in [-0.39, 0.29) is 12.1 Å². The zero-order valence-electron chi connectivity index (χ0n) is 18.2. The number of rotatable bonds is 12. The molecule has 0 aliphatic heterocycles.